The van der Waals surface area contributed by atoms with Gasteiger partial charge in [0.05, 0.1) is 31.0 Å². The van der Waals surface area contributed by atoms with Gasteiger partial charge in [-0.2, -0.15) is 0 Å². The molecular weight excluding hydrogens is 282 g/mol. The van der Waals surface area contributed by atoms with Crippen LogP contribution in [0.5, 0.6) is 0 Å². The van der Waals surface area contributed by atoms with Crippen molar-refractivity contribution in [3.63, 3.8) is 0 Å². The van der Waals surface area contributed by atoms with Crippen molar-refractivity contribution < 1.29 is 9.47 Å². The Morgan fingerprint density at radius 1 is 1.10 bits per heavy atom. The van der Waals surface area contributed by atoms with Gasteiger partial charge in [-0.15, -0.1) is 11.3 Å². The van der Waals surface area contributed by atoms with Crippen LogP contribution in [-0.4, -0.2) is 31.4 Å². The first-order valence-electron chi connectivity index (χ1n) is 7.43. The van der Waals surface area contributed by atoms with Crippen molar-refractivity contribution in [1.82, 2.24) is 4.98 Å². The zero-order valence-electron chi connectivity index (χ0n) is 12.7. The summed E-state index contributed by atoms with van der Waals surface area (Å²) in [7, 11) is 0. The molecule has 114 valence electrons. The standard InChI is InChI=1S/C17H23NO2S/c1-3-9-19-10-11-20-12-16(15-7-5-4-6-8-15)17-14(2)18-13-21-17/h4-8,13,16H,3,9-12H2,1-2H3. The van der Waals surface area contributed by atoms with Gasteiger partial charge in [0.2, 0.25) is 0 Å². The summed E-state index contributed by atoms with van der Waals surface area (Å²) in [6.07, 6.45) is 1.05. The number of hydrogen-bond acceptors (Lipinski definition) is 4. The summed E-state index contributed by atoms with van der Waals surface area (Å²) in [5.74, 6) is 0.255. The molecule has 3 nitrogen and oxygen atoms in total. The highest BCUT2D eigenvalue weighted by molar-refractivity contribution is 7.09. The number of thiazole rings is 1. The highest BCUT2D eigenvalue weighted by Crippen LogP contribution is 2.30. The summed E-state index contributed by atoms with van der Waals surface area (Å²) in [4.78, 5) is 5.66. The van der Waals surface area contributed by atoms with Gasteiger partial charge in [0.15, 0.2) is 0 Å². The highest BCUT2D eigenvalue weighted by Gasteiger charge is 2.18. The molecule has 0 aliphatic carbocycles. The number of ether oxygens (including phenoxy) is 2. The molecule has 0 aliphatic rings. The van der Waals surface area contributed by atoms with E-state index in [1.807, 2.05) is 11.6 Å². The second-order valence-electron chi connectivity index (χ2n) is 4.95. The topological polar surface area (TPSA) is 31.4 Å². The molecule has 1 heterocycles. The van der Waals surface area contributed by atoms with Crippen LogP contribution in [0.1, 0.15) is 35.4 Å². The number of hydrogen-bond donors (Lipinski definition) is 0. The van der Waals surface area contributed by atoms with E-state index in [2.05, 4.69) is 43.1 Å². The van der Waals surface area contributed by atoms with E-state index in [-0.39, 0.29) is 5.92 Å². The summed E-state index contributed by atoms with van der Waals surface area (Å²) in [6, 6.07) is 10.5. The fourth-order valence-electron chi connectivity index (χ4n) is 2.22. The monoisotopic (exact) mass is 305 g/mol. The lowest BCUT2D eigenvalue weighted by atomic mass is 9.97. The molecule has 0 bridgehead atoms. The van der Waals surface area contributed by atoms with Gasteiger partial charge in [-0.3, -0.25) is 0 Å². The van der Waals surface area contributed by atoms with E-state index in [9.17, 15) is 0 Å². The number of benzene rings is 1. The van der Waals surface area contributed by atoms with Crippen molar-refractivity contribution >= 4 is 11.3 Å². The van der Waals surface area contributed by atoms with Crippen LogP contribution in [-0.2, 0) is 9.47 Å². The summed E-state index contributed by atoms with van der Waals surface area (Å²) in [5.41, 5.74) is 4.28. The molecule has 0 spiro atoms. The zero-order chi connectivity index (χ0) is 14.9. The predicted molar refractivity (Wildman–Crippen MR) is 87.1 cm³/mol. The highest BCUT2D eigenvalue weighted by atomic mass is 32.1. The molecule has 0 aliphatic heterocycles. The lowest BCUT2D eigenvalue weighted by molar-refractivity contribution is 0.0455. The van der Waals surface area contributed by atoms with E-state index < -0.39 is 0 Å². The summed E-state index contributed by atoms with van der Waals surface area (Å²) in [6.45, 7) is 6.95. The van der Waals surface area contributed by atoms with E-state index in [1.54, 1.807) is 11.3 Å². The Bertz CT molecular complexity index is 513. The molecule has 0 saturated carbocycles. The number of rotatable bonds is 9. The Labute approximate surface area is 130 Å². The third kappa shape index (κ3) is 4.92. The molecule has 1 unspecified atom stereocenters. The minimum Gasteiger partial charge on any atom is -0.379 e. The van der Waals surface area contributed by atoms with E-state index >= 15 is 0 Å². The van der Waals surface area contributed by atoms with Crippen molar-refractivity contribution in [2.45, 2.75) is 26.2 Å². The summed E-state index contributed by atoms with van der Waals surface area (Å²) >= 11 is 1.70. The van der Waals surface area contributed by atoms with Crippen LogP contribution in [0.3, 0.4) is 0 Å². The van der Waals surface area contributed by atoms with Crippen molar-refractivity contribution in [2.24, 2.45) is 0 Å². The molecule has 21 heavy (non-hydrogen) atoms. The average Bonchev–Trinajstić information content (AvgIpc) is 2.93. The average molecular weight is 305 g/mol. The number of nitrogens with zero attached hydrogens (tertiary/aromatic N) is 1. The van der Waals surface area contributed by atoms with Crippen molar-refractivity contribution in [1.29, 1.82) is 0 Å². The van der Waals surface area contributed by atoms with Gasteiger partial charge in [-0.05, 0) is 18.9 Å². The molecule has 1 aromatic carbocycles. The van der Waals surface area contributed by atoms with Crippen LogP contribution in [0.15, 0.2) is 35.8 Å². The fraction of sp³-hybridized carbons (Fsp3) is 0.471. The molecule has 1 aromatic heterocycles. The van der Waals surface area contributed by atoms with Crippen LogP contribution in [0.4, 0.5) is 0 Å². The quantitative estimate of drug-likeness (QED) is 0.656. The zero-order valence-corrected chi connectivity index (χ0v) is 13.6. The van der Waals surface area contributed by atoms with Gasteiger partial charge in [-0.25, -0.2) is 4.98 Å². The number of aromatic nitrogens is 1. The lowest BCUT2D eigenvalue weighted by Gasteiger charge is -2.17. The molecular formula is C17H23NO2S. The Hall–Kier alpha value is -1.23. The summed E-state index contributed by atoms with van der Waals surface area (Å²) < 4.78 is 11.3. The smallest absolute Gasteiger partial charge is 0.0797 e. The van der Waals surface area contributed by atoms with Gasteiger partial charge < -0.3 is 9.47 Å². The summed E-state index contributed by atoms with van der Waals surface area (Å²) in [5, 5.41) is 0. The Kier molecular flexibility index (Phi) is 6.86. The maximum Gasteiger partial charge on any atom is 0.0797 e. The molecule has 0 saturated heterocycles. The second-order valence-corrected chi connectivity index (χ2v) is 5.84. The Morgan fingerprint density at radius 2 is 1.86 bits per heavy atom. The Morgan fingerprint density at radius 3 is 2.52 bits per heavy atom. The van der Waals surface area contributed by atoms with E-state index in [4.69, 9.17) is 9.47 Å². The Balaban J connectivity index is 1.96. The molecule has 2 rings (SSSR count). The van der Waals surface area contributed by atoms with Gasteiger partial charge in [0.25, 0.3) is 0 Å². The van der Waals surface area contributed by atoms with Gasteiger partial charge in [0.1, 0.15) is 0 Å². The minimum absolute atomic E-state index is 0.255. The lowest BCUT2D eigenvalue weighted by Crippen LogP contribution is -2.13. The largest absolute Gasteiger partial charge is 0.379 e. The van der Waals surface area contributed by atoms with Gasteiger partial charge >= 0.3 is 0 Å². The molecule has 0 amide bonds. The second kappa shape index (κ2) is 8.93. The predicted octanol–water partition coefficient (Wildman–Crippen LogP) is 4.03. The minimum atomic E-state index is 0.255. The first-order chi connectivity index (χ1) is 10.3. The first-order valence-corrected chi connectivity index (χ1v) is 8.31. The van der Waals surface area contributed by atoms with Crippen molar-refractivity contribution in [3.8, 4) is 0 Å². The maximum atomic E-state index is 5.83. The fourth-order valence-corrected chi connectivity index (χ4v) is 3.14. The molecule has 0 N–H and O–H groups in total. The van der Waals surface area contributed by atoms with E-state index in [1.165, 1.54) is 10.4 Å². The van der Waals surface area contributed by atoms with Crippen LogP contribution < -0.4 is 0 Å². The molecule has 2 aromatic rings. The normalized spacial score (nSPS) is 12.5. The molecule has 0 fully saturated rings. The van der Waals surface area contributed by atoms with Crippen LogP contribution in [0, 0.1) is 6.92 Å². The molecule has 0 radical (unpaired) electrons. The van der Waals surface area contributed by atoms with Crippen LogP contribution in [0.25, 0.3) is 0 Å². The first kappa shape index (κ1) is 16.1. The van der Waals surface area contributed by atoms with Crippen LogP contribution >= 0.6 is 11.3 Å². The molecule has 4 heteroatoms. The number of aryl methyl sites for hydroxylation is 1. The third-order valence-electron chi connectivity index (χ3n) is 3.31. The third-order valence-corrected chi connectivity index (χ3v) is 4.35. The van der Waals surface area contributed by atoms with Crippen molar-refractivity contribution in [3.05, 3.63) is 52.0 Å². The van der Waals surface area contributed by atoms with E-state index in [0.717, 1.165) is 18.7 Å². The van der Waals surface area contributed by atoms with Gasteiger partial charge in [0, 0.05) is 17.4 Å². The van der Waals surface area contributed by atoms with Crippen LogP contribution in [0.2, 0.25) is 0 Å². The van der Waals surface area contributed by atoms with Gasteiger partial charge in [-0.1, -0.05) is 37.3 Å². The van der Waals surface area contributed by atoms with Crippen molar-refractivity contribution in [2.75, 3.05) is 26.4 Å². The molecule has 1 atom stereocenters. The maximum absolute atomic E-state index is 5.83. The SMILES string of the molecule is CCCOCCOCC(c1ccccc1)c1scnc1C. The van der Waals surface area contributed by atoms with E-state index in [0.29, 0.717) is 19.8 Å².